The molecule has 2 aliphatic rings. The third-order valence-corrected chi connectivity index (χ3v) is 11.2. The zero-order valence-corrected chi connectivity index (χ0v) is 30.8. The Balaban J connectivity index is 1.49. The number of ether oxygens (including phenoxy) is 2. The fourth-order valence-corrected chi connectivity index (χ4v) is 8.04. The van der Waals surface area contributed by atoms with Crippen LogP contribution in [0.3, 0.4) is 0 Å². The number of nitrogens with one attached hydrogen (secondary N) is 3. The van der Waals surface area contributed by atoms with E-state index >= 15 is 0 Å². The molecule has 0 aromatic heterocycles. The minimum absolute atomic E-state index is 0.118. The Labute approximate surface area is 292 Å². The molecule has 5 amide bonds. The number of amides is 5. The van der Waals surface area contributed by atoms with E-state index in [1.165, 1.54) is 43.4 Å². The SMILES string of the molecule is CC[C@@H](C)CN(C)CCC(C)(OC)c1c(NC(=O)NCC(=O)NCCN2C(=O)CC(SC3CCCCCCCC3)C2=O)cccc1OC. The standard InChI is InChI=1S/C36H59N5O6S/c1-7-26(2)25-40(4)21-19-36(3,47-6)33-28(17-14-18-29(33)46-5)39-35(45)38-24-31(42)37-20-22-41-32(43)23-30(34(41)44)48-27-15-12-10-8-9-11-13-16-27/h14,17-18,26-27,30H,7-13,15-16,19-25H2,1-6H3,(H,37,42)(H2,38,39,45)/t26-,30?,36?/m1/s1. The Bertz CT molecular complexity index is 1210. The van der Waals surface area contributed by atoms with Gasteiger partial charge in [-0.1, -0.05) is 64.9 Å². The Morgan fingerprint density at radius 2 is 1.77 bits per heavy atom. The van der Waals surface area contributed by atoms with E-state index in [2.05, 4.69) is 41.7 Å². The summed E-state index contributed by atoms with van der Waals surface area (Å²) in [5, 5.41) is 8.27. The van der Waals surface area contributed by atoms with Gasteiger partial charge < -0.3 is 30.3 Å². The summed E-state index contributed by atoms with van der Waals surface area (Å²) in [6.45, 7) is 8.13. The van der Waals surface area contributed by atoms with Gasteiger partial charge in [0.05, 0.1) is 30.2 Å². The van der Waals surface area contributed by atoms with Gasteiger partial charge in [0.2, 0.25) is 17.7 Å². The molecule has 3 N–H and O–H groups in total. The van der Waals surface area contributed by atoms with Gasteiger partial charge in [-0.25, -0.2) is 4.79 Å². The molecule has 1 aliphatic carbocycles. The highest BCUT2D eigenvalue weighted by molar-refractivity contribution is 8.01. The number of likely N-dealkylation sites (tertiary alicyclic amines) is 1. The lowest BCUT2D eigenvalue weighted by Gasteiger charge is -2.34. The number of imide groups is 1. The summed E-state index contributed by atoms with van der Waals surface area (Å²) in [6, 6.07) is 4.86. The van der Waals surface area contributed by atoms with Gasteiger partial charge in [-0.15, -0.1) is 11.8 Å². The Morgan fingerprint density at radius 3 is 2.42 bits per heavy atom. The van der Waals surface area contributed by atoms with Crippen molar-refractivity contribution in [2.24, 2.45) is 5.92 Å². The molecule has 1 aromatic carbocycles. The van der Waals surface area contributed by atoms with Crippen molar-refractivity contribution in [2.75, 3.05) is 59.3 Å². The maximum atomic E-state index is 13.1. The zero-order valence-electron chi connectivity index (χ0n) is 30.0. The fraction of sp³-hybridized carbons (Fsp3) is 0.722. The summed E-state index contributed by atoms with van der Waals surface area (Å²) in [5.41, 5.74) is 0.481. The molecule has 0 spiro atoms. The van der Waals surface area contributed by atoms with Crippen LogP contribution in [0.1, 0.15) is 97.0 Å². The van der Waals surface area contributed by atoms with Crippen molar-refractivity contribution in [1.29, 1.82) is 0 Å². The maximum absolute atomic E-state index is 13.1. The third-order valence-electron chi connectivity index (χ3n) is 9.69. The first-order chi connectivity index (χ1) is 23.0. The number of rotatable bonds is 17. The second kappa shape index (κ2) is 20.0. The molecule has 3 atom stereocenters. The first-order valence-corrected chi connectivity index (χ1v) is 18.7. The first kappa shape index (κ1) is 39.6. The Kier molecular flexibility index (Phi) is 16.5. The van der Waals surface area contributed by atoms with Gasteiger partial charge in [0.1, 0.15) is 5.75 Å². The quantitative estimate of drug-likeness (QED) is 0.182. The van der Waals surface area contributed by atoms with Crippen LogP contribution in [-0.4, -0.2) is 98.0 Å². The average molecular weight is 690 g/mol. The van der Waals surface area contributed by atoms with Crippen LogP contribution in [0.2, 0.25) is 0 Å². The molecule has 48 heavy (non-hydrogen) atoms. The molecule has 1 saturated carbocycles. The summed E-state index contributed by atoms with van der Waals surface area (Å²) in [6.07, 6.45) is 11.6. The Hall–Kier alpha value is -2.83. The van der Waals surface area contributed by atoms with E-state index in [1.54, 1.807) is 38.1 Å². The fourth-order valence-electron chi connectivity index (χ4n) is 6.49. The van der Waals surface area contributed by atoms with Crippen LogP contribution >= 0.6 is 11.8 Å². The van der Waals surface area contributed by atoms with E-state index in [1.807, 2.05) is 13.0 Å². The lowest BCUT2D eigenvalue weighted by atomic mass is 9.89. The number of carbonyl (C=O) groups is 4. The summed E-state index contributed by atoms with van der Waals surface area (Å²) in [7, 11) is 5.33. The van der Waals surface area contributed by atoms with E-state index < -0.39 is 17.5 Å². The minimum atomic E-state index is -0.757. The molecule has 270 valence electrons. The molecule has 12 heteroatoms. The number of anilines is 1. The minimum Gasteiger partial charge on any atom is -0.496 e. The molecule has 11 nitrogen and oxygen atoms in total. The van der Waals surface area contributed by atoms with Crippen LogP contribution < -0.4 is 20.7 Å². The number of hydrogen-bond acceptors (Lipinski definition) is 8. The topological polar surface area (TPSA) is 129 Å². The lowest BCUT2D eigenvalue weighted by Crippen LogP contribution is -2.43. The monoisotopic (exact) mass is 689 g/mol. The van der Waals surface area contributed by atoms with Crippen molar-refractivity contribution in [1.82, 2.24) is 20.4 Å². The number of hydrogen-bond donors (Lipinski definition) is 3. The largest absolute Gasteiger partial charge is 0.496 e. The van der Waals surface area contributed by atoms with Gasteiger partial charge in [-0.2, -0.15) is 0 Å². The van der Waals surface area contributed by atoms with Crippen molar-refractivity contribution >= 4 is 41.2 Å². The summed E-state index contributed by atoms with van der Waals surface area (Å²) >= 11 is 1.67. The van der Waals surface area contributed by atoms with E-state index in [0.717, 1.165) is 32.4 Å². The van der Waals surface area contributed by atoms with E-state index in [9.17, 15) is 19.2 Å². The van der Waals surface area contributed by atoms with Crippen LogP contribution in [-0.2, 0) is 24.7 Å². The molecule has 2 unspecified atom stereocenters. The number of thioether (sulfide) groups is 1. The summed E-state index contributed by atoms with van der Waals surface area (Å²) in [5.74, 6) is 0.409. The van der Waals surface area contributed by atoms with Crippen LogP contribution in [0.4, 0.5) is 10.5 Å². The molecule has 2 fully saturated rings. The second-order valence-electron chi connectivity index (χ2n) is 13.5. The smallest absolute Gasteiger partial charge is 0.319 e. The zero-order chi connectivity index (χ0) is 35.1. The van der Waals surface area contributed by atoms with Crippen molar-refractivity contribution in [2.45, 2.75) is 108 Å². The molecule has 0 radical (unpaired) electrons. The van der Waals surface area contributed by atoms with Gasteiger partial charge in [0, 0.05) is 50.5 Å². The third kappa shape index (κ3) is 11.9. The highest BCUT2D eigenvalue weighted by Gasteiger charge is 2.40. The molecule has 0 bridgehead atoms. The van der Waals surface area contributed by atoms with Crippen molar-refractivity contribution in [3.05, 3.63) is 23.8 Å². The van der Waals surface area contributed by atoms with Gasteiger partial charge >= 0.3 is 6.03 Å². The Morgan fingerprint density at radius 1 is 1.08 bits per heavy atom. The molecule has 1 saturated heterocycles. The van der Waals surface area contributed by atoms with Crippen LogP contribution in [0.15, 0.2) is 18.2 Å². The number of urea groups is 1. The number of nitrogens with zero attached hydrogens (tertiary/aromatic N) is 2. The predicted octanol–water partition coefficient (Wildman–Crippen LogP) is 5.53. The van der Waals surface area contributed by atoms with Crippen molar-refractivity contribution in [3.8, 4) is 5.75 Å². The van der Waals surface area contributed by atoms with Gasteiger partial charge in [-0.3, -0.25) is 19.3 Å². The lowest BCUT2D eigenvalue weighted by molar-refractivity contribution is -0.138. The highest BCUT2D eigenvalue weighted by atomic mass is 32.2. The highest BCUT2D eigenvalue weighted by Crippen LogP contribution is 2.41. The average Bonchev–Trinajstić information content (AvgIpc) is 3.41. The van der Waals surface area contributed by atoms with Gasteiger partial charge in [-0.05, 0) is 51.3 Å². The molecule has 1 aromatic rings. The molecule has 3 rings (SSSR count). The molecular weight excluding hydrogens is 630 g/mol. The molecule has 1 heterocycles. The van der Waals surface area contributed by atoms with E-state index in [-0.39, 0.29) is 43.1 Å². The van der Waals surface area contributed by atoms with Gasteiger partial charge in [0.15, 0.2) is 0 Å². The first-order valence-electron chi connectivity index (χ1n) is 17.7. The van der Waals surface area contributed by atoms with Crippen molar-refractivity contribution in [3.63, 3.8) is 0 Å². The second-order valence-corrected chi connectivity index (χ2v) is 15.0. The summed E-state index contributed by atoms with van der Waals surface area (Å²) < 4.78 is 11.7. The van der Waals surface area contributed by atoms with Crippen LogP contribution in [0.25, 0.3) is 0 Å². The normalized spacial score (nSPS) is 19.6. The number of carbonyl (C=O) groups excluding carboxylic acids is 4. The van der Waals surface area contributed by atoms with Crippen LogP contribution in [0, 0.1) is 5.92 Å². The summed E-state index contributed by atoms with van der Waals surface area (Å²) in [4.78, 5) is 54.8. The number of benzene rings is 1. The van der Waals surface area contributed by atoms with Crippen molar-refractivity contribution < 1.29 is 28.7 Å². The predicted molar refractivity (Wildman–Crippen MR) is 192 cm³/mol. The van der Waals surface area contributed by atoms with E-state index in [4.69, 9.17) is 9.47 Å². The number of methoxy groups -OCH3 is 2. The molecule has 1 aliphatic heterocycles. The maximum Gasteiger partial charge on any atom is 0.319 e. The van der Waals surface area contributed by atoms with Gasteiger partial charge in [0.25, 0.3) is 0 Å². The van der Waals surface area contributed by atoms with E-state index in [0.29, 0.717) is 34.6 Å². The van der Waals surface area contributed by atoms with Crippen LogP contribution in [0.5, 0.6) is 5.75 Å². The molecular formula is C36H59N5O6S.